The fourth-order valence-corrected chi connectivity index (χ4v) is 6.20. The lowest BCUT2D eigenvalue weighted by Gasteiger charge is -2.21. The number of sulfonamides is 1. The zero-order valence-electron chi connectivity index (χ0n) is 21.4. The van der Waals surface area contributed by atoms with Crippen LogP contribution in [0.1, 0.15) is 88.7 Å². The fourth-order valence-electron chi connectivity index (χ4n) is 4.20. The summed E-state index contributed by atoms with van der Waals surface area (Å²) in [7, 11) is -3.68. The van der Waals surface area contributed by atoms with Crippen molar-refractivity contribution in [3.8, 4) is 0 Å². The van der Waals surface area contributed by atoms with Gasteiger partial charge in [-0.15, -0.1) is 0 Å². The highest BCUT2D eigenvalue weighted by atomic mass is 32.2. The second kappa shape index (κ2) is 11.3. The van der Waals surface area contributed by atoms with Gasteiger partial charge in [-0.3, -0.25) is 9.48 Å². The van der Waals surface area contributed by atoms with Crippen molar-refractivity contribution in [3.05, 3.63) is 40.7 Å². The van der Waals surface area contributed by atoms with Crippen molar-refractivity contribution in [3.63, 3.8) is 0 Å². The highest BCUT2D eigenvalue weighted by molar-refractivity contribution is 7.89. The molecule has 0 bridgehead atoms. The van der Waals surface area contributed by atoms with Crippen LogP contribution in [0.4, 0.5) is 5.69 Å². The van der Waals surface area contributed by atoms with Gasteiger partial charge in [0, 0.05) is 18.8 Å². The van der Waals surface area contributed by atoms with Gasteiger partial charge < -0.3 is 5.32 Å². The molecule has 2 rings (SSSR count). The summed E-state index contributed by atoms with van der Waals surface area (Å²) < 4.78 is 29.7. The first-order valence-corrected chi connectivity index (χ1v) is 13.4. The Morgan fingerprint density at radius 1 is 1.03 bits per heavy atom. The third-order valence-corrected chi connectivity index (χ3v) is 7.94. The molecule has 0 radical (unpaired) electrons. The molecular weight excluding hydrogens is 436 g/mol. The van der Waals surface area contributed by atoms with Gasteiger partial charge in [-0.2, -0.15) is 9.40 Å². The van der Waals surface area contributed by atoms with Gasteiger partial charge in [0.1, 0.15) is 11.4 Å². The molecule has 0 unspecified atom stereocenters. The lowest BCUT2D eigenvalue weighted by molar-refractivity contribution is -0.117. The van der Waals surface area contributed by atoms with E-state index in [2.05, 4.69) is 38.1 Å². The summed E-state index contributed by atoms with van der Waals surface area (Å²) in [6.07, 6.45) is 1.47. The molecule has 1 amide bonds. The molecule has 1 aromatic carbocycles. The van der Waals surface area contributed by atoms with Crippen LogP contribution in [0, 0.1) is 13.8 Å². The highest BCUT2D eigenvalue weighted by Gasteiger charge is 2.30. The monoisotopic (exact) mass is 476 g/mol. The van der Waals surface area contributed by atoms with Crippen LogP contribution in [0.15, 0.2) is 23.1 Å². The number of anilines is 1. The standard InChI is InChI=1S/C25H40N4O3S/c1-9-14-28(15-10-2)33(31,32)25-19(7)27-29(20(25)8)16-23(30)26-24-21(17(3)4)12-11-13-22(24)18(5)6/h11-13,17-18H,9-10,14-16H2,1-8H3,(H,26,30). The van der Waals surface area contributed by atoms with Crippen LogP contribution >= 0.6 is 0 Å². The number of amides is 1. The number of benzene rings is 1. The van der Waals surface area contributed by atoms with Crippen molar-refractivity contribution in [2.75, 3.05) is 18.4 Å². The van der Waals surface area contributed by atoms with Crippen molar-refractivity contribution in [1.82, 2.24) is 14.1 Å². The van der Waals surface area contributed by atoms with Gasteiger partial charge in [-0.1, -0.05) is 59.7 Å². The van der Waals surface area contributed by atoms with Crippen LogP contribution in [0.25, 0.3) is 0 Å². The number of nitrogens with one attached hydrogen (secondary N) is 1. The number of aryl methyl sites for hydroxylation is 1. The third kappa shape index (κ3) is 6.03. The van der Waals surface area contributed by atoms with E-state index in [-0.39, 0.29) is 29.2 Å². The minimum Gasteiger partial charge on any atom is -0.324 e. The van der Waals surface area contributed by atoms with Crippen molar-refractivity contribution in [2.24, 2.45) is 0 Å². The maximum Gasteiger partial charge on any atom is 0.246 e. The van der Waals surface area contributed by atoms with Crippen LogP contribution in [-0.4, -0.2) is 41.5 Å². The maximum absolute atomic E-state index is 13.4. The number of aromatic nitrogens is 2. The Morgan fingerprint density at radius 2 is 1.55 bits per heavy atom. The van der Waals surface area contributed by atoms with Gasteiger partial charge in [-0.05, 0) is 49.7 Å². The molecule has 0 aliphatic heterocycles. The first kappa shape index (κ1) is 27.1. The van der Waals surface area contributed by atoms with Crippen LogP contribution < -0.4 is 5.32 Å². The molecule has 1 heterocycles. The second-order valence-electron chi connectivity index (χ2n) is 9.23. The summed E-state index contributed by atoms with van der Waals surface area (Å²) in [6, 6.07) is 6.10. The predicted octanol–water partition coefficient (Wildman–Crippen LogP) is 5.20. The predicted molar refractivity (Wildman–Crippen MR) is 134 cm³/mol. The second-order valence-corrected chi connectivity index (χ2v) is 11.1. The van der Waals surface area contributed by atoms with Crippen molar-refractivity contribution in [1.29, 1.82) is 0 Å². The van der Waals surface area contributed by atoms with E-state index >= 15 is 0 Å². The molecule has 1 aromatic heterocycles. The molecule has 33 heavy (non-hydrogen) atoms. The fraction of sp³-hybridized carbons (Fsp3) is 0.600. The molecule has 184 valence electrons. The van der Waals surface area contributed by atoms with E-state index in [1.165, 1.54) is 8.99 Å². The number of rotatable bonds is 11. The first-order valence-electron chi connectivity index (χ1n) is 11.9. The summed E-state index contributed by atoms with van der Waals surface area (Å²) in [4.78, 5) is 13.3. The average Bonchev–Trinajstić information content (AvgIpc) is 3.00. The van der Waals surface area contributed by atoms with Crippen molar-refractivity contribution >= 4 is 21.6 Å². The summed E-state index contributed by atoms with van der Waals surface area (Å²) in [6.45, 7) is 16.6. The van der Waals surface area contributed by atoms with E-state index in [9.17, 15) is 13.2 Å². The van der Waals surface area contributed by atoms with E-state index in [1.807, 2.05) is 32.0 Å². The van der Waals surface area contributed by atoms with Gasteiger partial charge in [0.25, 0.3) is 0 Å². The quantitative estimate of drug-likeness (QED) is 0.483. The maximum atomic E-state index is 13.4. The van der Waals surface area contributed by atoms with Gasteiger partial charge in [-0.25, -0.2) is 8.42 Å². The Labute approximate surface area is 199 Å². The number of nitrogens with zero attached hydrogens (tertiary/aromatic N) is 3. The summed E-state index contributed by atoms with van der Waals surface area (Å²) in [5.41, 5.74) is 3.92. The van der Waals surface area contributed by atoms with E-state index in [1.54, 1.807) is 13.8 Å². The molecule has 0 atom stereocenters. The SMILES string of the molecule is CCCN(CCC)S(=O)(=O)c1c(C)nn(CC(=O)Nc2c(C(C)C)cccc2C(C)C)c1C. The number of carbonyl (C=O) groups is 1. The largest absolute Gasteiger partial charge is 0.324 e. The van der Waals surface area contributed by atoms with Crippen LogP contribution in [0.3, 0.4) is 0 Å². The van der Waals surface area contributed by atoms with Crippen molar-refractivity contribution in [2.45, 2.75) is 91.5 Å². The lowest BCUT2D eigenvalue weighted by Crippen LogP contribution is -2.33. The van der Waals surface area contributed by atoms with E-state index < -0.39 is 10.0 Å². The van der Waals surface area contributed by atoms with E-state index in [4.69, 9.17) is 0 Å². The molecule has 0 fully saturated rings. The topological polar surface area (TPSA) is 84.3 Å². The number of hydrogen-bond donors (Lipinski definition) is 1. The Kier molecular flexibility index (Phi) is 9.26. The molecule has 0 saturated carbocycles. The summed E-state index contributed by atoms with van der Waals surface area (Å²) >= 11 is 0. The van der Waals surface area contributed by atoms with Gasteiger partial charge in [0.2, 0.25) is 15.9 Å². The third-order valence-electron chi connectivity index (χ3n) is 5.79. The zero-order valence-corrected chi connectivity index (χ0v) is 22.2. The molecule has 7 nitrogen and oxygen atoms in total. The Bertz CT molecular complexity index is 1040. The smallest absolute Gasteiger partial charge is 0.246 e. The normalized spacial score (nSPS) is 12.2. The minimum atomic E-state index is -3.68. The number of para-hydroxylation sites is 1. The number of hydrogen-bond acceptors (Lipinski definition) is 4. The Balaban J connectivity index is 2.37. The first-order chi connectivity index (χ1) is 15.4. The van der Waals surface area contributed by atoms with E-state index in [0.29, 0.717) is 24.5 Å². The van der Waals surface area contributed by atoms with Crippen LogP contribution in [0.2, 0.25) is 0 Å². The molecule has 0 spiro atoms. The molecular formula is C25H40N4O3S. The molecule has 2 aromatic rings. The van der Waals surface area contributed by atoms with E-state index in [0.717, 1.165) is 29.7 Å². The van der Waals surface area contributed by atoms with Crippen LogP contribution in [-0.2, 0) is 21.4 Å². The summed E-state index contributed by atoms with van der Waals surface area (Å²) in [5.74, 6) is 0.290. The van der Waals surface area contributed by atoms with Gasteiger partial charge in [0.05, 0.1) is 11.4 Å². The molecule has 0 aliphatic carbocycles. The molecule has 8 heteroatoms. The summed E-state index contributed by atoms with van der Waals surface area (Å²) in [5, 5.41) is 7.51. The zero-order chi connectivity index (χ0) is 24.9. The molecule has 0 aliphatic rings. The van der Waals surface area contributed by atoms with Gasteiger partial charge in [0.15, 0.2) is 0 Å². The Hall–Kier alpha value is -2.19. The van der Waals surface area contributed by atoms with Gasteiger partial charge >= 0.3 is 0 Å². The Morgan fingerprint density at radius 3 is 2.00 bits per heavy atom. The van der Waals surface area contributed by atoms with Crippen molar-refractivity contribution < 1.29 is 13.2 Å². The lowest BCUT2D eigenvalue weighted by atomic mass is 9.92. The molecule has 1 N–H and O–H groups in total. The average molecular weight is 477 g/mol. The highest BCUT2D eigenvalue weighted by Crippen LogP contribution is 2.32. The number of carbonyl (C=O) groups excluding carboxylic acids is 1. The molecule has 0 saturated heterocycles. The van der Waals surface area contributed by atoms with Crippen LogP contribution in [0.5, 0.6) is 0 Å². The minimum absolute atomic E-state index is 0.0479.